The summed E-state index contributed by atoms with van der Waals surface area (Å²) in [6, 6.07) is 3.85. The van der Waals surface area contributed by atoms with Crippen molar-refractivity contribution in [1.82, 2.24) is 4.98 Å². The second kappa shape index (κ2) is 7.06. The van der Waals surface area contributed by atoms with E-state index in [9.17, 15) is 0 Å². The molecule has 0 saturated heterocycles. The monoisotopic (exact) mass is 223 g/mol. The van der Waals surface area contributed by atoms with E-state index < -0.39 is 0 Å². The second-order valence-corrected chi connectivity index (χ2v) is 3.54. The van der Waals surface area contributed by atoms with Crippen LogP contribution in [0.1, 0.15) is 20.3 Å². The van der Waals surface area contributed by atoms with Gasteiger partial charge in [-0.3, -0.25) is 0 Å². The highest BCUT2D eigenvalue weighted by atomic mass is 16.5. The maximum atomic E-state index is 5.67. The molecule has 4 nitrogen and oxygen atoms in total. The minimum absolute atomic E-state index is 0.623. The van der Waals surface area contributed by atoms with Crippen LogP contribution in [0.4, 0.5) is 5.82 Å². The number of rotatable bonds is 7. The lowest BCUT2D eigenvalue weighted by Crippen LogP contribution is -2.30. The fourth-order valence-corrected chi connectivity index (χ4v) is 1.51. The lowest BCUT2D eigenvalue weighted by molar-refractivity contribution is 0.316. The number of pyridine rings is 1. The summed E-state index contributed by atoms with van der Waals surface area (Å²) in [5, 5.41) is 0. The van der Waals surface area contributed by atoms with E-state index in [2.05, 4.69) is 23.7 Å². The zero-order valence-corrected chi connectivity index (χ0v) is 10.1. The summed E-state index contributed by atoms with van der Waals surface area (Å²) in [4.78, 5) is 6.50. The fourth-order valence-electron chi connectivity index (χ4n) is 1.51. The third-order valence-electron chi connectivity index (χ3n) is 2.29. The van der Waals surface area contributed by atoms with Crippen LogP contribution in [0.15, 0.2) is 18.3 Å². The van der Waals surface area contributed by atoms with E-state index >= 15 is 0 Å². The van der Waals surface area contributed by atoms with Gasteiger partial charge in [0.2, 0.25) is 0 Å². The van der Waals surface area contributed by atoms with Gasteiger partial charge in [0.05, 0.1) is 6.61 Å². The molecule has 0 aliphatic rings. The number of ether oxygens (including phenoxy) is 1. The Morgan fingerprint density at radius 1 is 1.44 bits per heavy atom. The number of nitrogens with zero attached hydrogens (tertiary/aromatic N) is 2. The number of likely N-dealkylation sites (N-methyl/N-ethyl adjacent to an activating group) is 1. The van der Waals surface area contributed by atoms with Gasteiger partial charge < -0.3 is 15.4 Å². The van der Waals surface area contributed by atoms with Crippen molar-refractivity contribution >= 4 is 5.82 Å². The van der Waals surface area contributed by atoms with E-state index in [-0.39, 0.29) is 0 Å². The van der Waals surface area contributed by atoms with Crippen LogP contribution < -0.4 is 15.4 Å². The standard InChI is InChI=1S/C12H21N3O/c1-3-10-16-11-6-5-8-14-12(11)15(4-2)9-7-13/h5-6,8H,3-4,7,9-10,13H2,1-2H3. The molecule has 90 valence electrons. The van der Waals surface area contributed by atoms with Crippen molar-refractivity contribution in [2.75, 3.05) is 31.1 Å². The molecule has 0 unspecified atom stereocenters. The molecule has 2 N–H and O–H groups in total. The van der Waals surface area contributed by atoms with Crippen LogP contribution >= 0.6 is 0 Å². The third-order valence-corrected chi connectivity index (χ3v) is 2.29. The van der Waals surface area contributed by atoms with E-state index in [4.69, 9.17) is 10.5 Å². The van der Waals surface area contributed by atoms with Gasteiger partial charge in [-0.2, -0.15) is 0 Å². The molecule has 0 bridgehead atoms. The van der Waals surface area contributed by atoms with Crippen molar-refractivity contribution in [3.63, 3.8) is 0 Å². The summed E-state index contributed by atoms with van der Waals surface area (Å²) in [6.07, 6.45) is 2.78. The number of hydrogen-bond donors (Lipinski definition) is 1. The van der Waals surface area contributed by atoms with Gasteiger partial charge in [-0.25, -0.2) is 4.98 Å². The molecule has 0 radical (unpaired) electrons. The Bertz CT molecular complexity index is 304. The summed E-state index contributed by atoms with van der Waals surface area (Å²) in [5.41, 5.74) is 5.58. The molecule has 0 atom stereocenters. The van der Waals surface area contributed by atoms with Crippen LogP contribution in [0.2, 0.25) is 0 Å². The molecule has 0 amide bonds. The predicted molar refractivity (Wildman–Crippen MR) is 67.0 cm³/mol. The summed E-state index contributed by atoms with van der Waals surface area (Å²) in [7, 11) is 0. The third kappa shape index (κ3) is 3.38. The molecule has 1 aromatic heterocycles. The van der Waals surface area contributed by atoms with E-state index in [1.54, 1.807) is 6.20 Å². The molecule has 16 heavy (non-hydrogen) atoms. The van der Waals surface area contributed by atoms with Crippen LogP contribution in [0.25, 0.3) is 0 Å². The van der Waals surface area contributed by atoms with Crippen molar-refractivity contribution in [1.29, 1.82) is 0 Å². The van der Waals surface area contributed by atoms with E-state index in [1.165, 1.54) is 0 Å². The average Bonchev–Trinajstić information content (AvgIpc) is 2.34. The lowest BCUT2D eigenvalue weighted by Gasteiger charge is -2.23. The first-order chi connectivity index (χ1) is 7.83. The number of aromatic nitrogens is 1. The molecule has 0 saturated carbocycles. The Balaban J connectivity index is 2.82. The van der Waals surface area contributed by atoms with Crippen molar-refractivity contribution in [2.24, 2.45) is 5.73 Å². The Kier molecular flexibility index (Phi) is 5.64. The van der Waals surface area contributed by atoms with Gasteiger partial charge in [0.15, 0.2) is 11.6 Å². The van der Waals surface area contributed by atoms with E-state index in [1.807, 2.05) is 12.1 Å². The maximum Gasteiger partial charge on any atom is 0.171 e. The van der Waals surface area contributed by atoms with Crippen LogP contribution in [-0.4, -0.2) is 31.2 Å². The van der Waals surface area contributed by atoms with Gasteiger partial charge in [0, 0.05) is 25.8 Å². The predicted octanol–water partition coefficient (Wildman–Crippen LogP) is 1.66. The number of nitrogens with two attached hydrogens (primary N) is 1. The molecule has 0 aliphatic carbocycles. The minimum Gasteiger partial charge on any atom is -0.490 e. The van der Waals surface area contributed by atoms with Crippen LogP contribution in [0, 0.1) is 0 Å². The Labute approximate surface area is 97.4 Å². The molecule has 0 aromatic carbocycles. The highest BCUT2D eigenvalue weighted by Crippen LogP contribution is 2.24. The van der Waals surface area contributed by atoms with Crippen molar-refractivity contribution in [3.8, 4) is 5.75 Å². The molecule has 0 aliphatic heterocycles. The van der Waals surface area contributed by atoms with Crippen LogP contribution in [-0.2, 0) is 0 Å². The quantitative estimate of drug-likeness (QED) is 0.763. The molecule has 0 fully saturated rings. The maximum absolute atomic E-state index is 5.67. The number of anilines is 1. The molecule has 0 spiro atoms. The van der Waals surface area contributed by atoms with Gasteiger partial charge in [-0.05, 0) is 25.5 Å². The van der Waals surface area contributed by atoms with Gasteiger partial charge in [0.1, 0.15) is 0 Å². The van der Waals surface area contributed by atoms with Crippen LogP contribution in [0.5, 0.6) is 5.75 Å². The molecule has 1 aromatic rings. The van der Waals surface area contributed by atoms with Crippen molar-refractivity contribution < 1.29 is 4.74 Å². The molecule has 1 heterocycles. The minimum atomic E-state index is 0.623. The smallest absolute Gasteiger partial charge is 0.171 e. The van der Waals surface area contributed by atoms with E-state index in [0.717, 1.165) is 37.7 Å². The molecular weight excluding hydrogens is 202 g/mol. The van der Waals surface area contributed by atoms with E-state index in [0.29, 0.717) is 6.54 Å². The normalized spacial score (nSPS) is 10.2. The SMILES string of the molecule is CCCOc1cccnc1N(CC)CCN. The number of hydrogen-bond acceptors (Lipinski definition) is 4. The summed E-state index contributed by atoms with van der Waals surface area (Å²) in [5.74, 6) is 1.74. The largest absolute Gasteiger partial charge is 0.490 e. The van der Waals surface area contributed by atoms with Gasteiger partial charge >= 0.3 is 0 Å². The average molecular weight is 223 g/mol. The topological polar surface area (TPSA) is 51.4 Å². The van der Waals surface area contributed by atoms with Crippen molar-refractivity contribution in [3.05, 3.63) is 18.3 Å². The zero-order valence-electron chi connectivity index (χ0n) is 10.1. The Morgan fingerprint density at radius 2 is 2.25 bits per heavy atom. The summed E-state index contributed by atoms with van der Waals surface area (Å²) >= 11 is 0. The second-order valence-electron chi connectivity index (χ2n) is 3.54. The van der Waals surface area contributed by atoms with Gasteiger partial charge in [0.25, 0.3) is 0 Å². The summed E-state index contributed by atoms with van der Waals surface area (Å²) < 4.78 is 5.67. The first-order valence-corrected chi connectivity index (χ1v) is 5.86. The summed E-state index contributed by atoms with van der Waals surface area (Å²) in [6.45, 7) is 7.21. The molecule has 4 heteroatoms. The lowest BCUT2D eigenvalue weighted by atomic mass is 10.3. The highest BCUT2D eigenvalue weighted by Gasteiger charge is 2.10. The van der Waals surface area contributed by atoms with Gasteiger partial charge in [-0.1, -0.05) is 6.92 Å². The van der Waals surface area contributed by atoms with Gasteiger partial charge in [-0.15, -0.1) is 0 Å². The first kappa shape index (κ1) is 12.8. The Morgan fingerprint density at radius 3 is 2.88 bits per heavy atom. The Hall–Kier alpha value is -1.29. The zero-order chi connectivity index (χ0) is 11.8. The highest BCUT2D eigenvalue weighted by molar-refractivity contribution is 5.51. The van der Waals surface area contributed by atoms with Crippen molar-refractivity contribution in [2.45, 2.75) is 20.3 Å². The molecular formula is C12H21N3O. The first-order valence-electron chi connectivity index (χ1n) is 5.86. The fraction of sp³-hybridized carbons (Fsp3) is 0.583. The molecule has 1 rings (SSSR count). The van der Waals surface area contributed by atoms with Crippen LogP contribution in [0.3, 0.4) is 0 Å².